The van der Waals surface area contributed by atoms with Gasteiger partial charge in [0.2, 0.25) is 5.78 Å². The van der Waals surface area contributed by atoms with Crippen LogP contribution in [0, 0.1) is 0 Å². The number of ether oxygens (including phenoxy) is 3. The van der Waals surface area contributed by atoms with E-state index in [0.717, 1.165) is 105 Å². The van der Waals surface area contributed by atoms with E-state index >= 15 is 0 Å². The average Bonchev–Trinajstić information content (AvgIpc) is 1.70. The number of carboxylic acid groups (broad SMARTS) is 1. The number of aromatic nitrogens is 9. The molecule has 37 heteroatoms. The maximum absolute atomic E-state index is 13.0. The summed E-state index contributed by atoms with van der Waals surface area (Å²) in [5, 5.41) is 19.2. The lowest BCUT2D eigenvalue weighted by atomic mass is 10.0. The van der Waals surface area contributed by atoms with Gasteiger partial charge in [-0.3, -0.25) is 19.2 Å². The lowest BCUT2D eigenvalue weighted by molar-refractivity contribution is -0.142. The van der Waals surface area contributed by atoms with E-state index in [0.29, 0.717) is 43.9 Å². The van der Waals surface area contributed by atoms with Crippen LogP contribution < -0.4 is 34.3 Å². The Kier molecular flexibility index (Phi) is 37.4. The Bertz CT molecular complexity index is 6810. The third-order valence-electron chi connectivity index (χ3n) is 19.2. The smallest absolute Gasteiger partial charge is 0.343 e. The van der Waals surface area contributed by atoms with Gasteiger partial charge in [0.25, 0.3) is 0 Å². The normalized spacial score (nSPS) is 11.1. The lowest BCUT2D eigenvalue weighted by Gasteiger charge is -2.10. The van der Waals surface area contributed by atoms with E-state index in [1.54, 1.807) is 112 Å². The molecule has 8 aromatic heterocycles. The van der Waals surface area contributed by atoms with Gasteiger partial charge in [0.1, 0.15) is 93.3 Å². The Labute approximate surface area is 818 Å². The van der Waals surface area contributed by atoms with Crippen LogP contribution in [0.25, 0.3) is 87.6 Å². The maximum atomic E-state index is 13.0. The molecule has 0 bridgehead atoms. The SMILES string of the molecule is Brc1cccc2c1NCC2.Brc1cccc2cc[nH]c12.CCOC(=O)C(=CN(C)C)C(=O)c1cn(OC)c2c(Br)cccc12.CCOC(=O)CC(=O)c1cn(OC)c2c(Br)cccc12.CCOC(=O)c1cnc(SC)nc1-c1cn(OC)c2c(Br)cccc12.COn1cc(C(=O)O)c2cccc(Br)c21.COn1cc(C=O)c2cccc(Br)c21.COn1ccc2cccc(Br)c21. The third-order valence-corrected chi connectivity index (χ3v) is 25.0. The van der Waals surface area contributed by atoms with E-state index in [4.69, 9.17) is 48.3 Å². The molecule has 9 heterocycles. The summed E-state index contributed by atoms with van der Waals surface area (Å²) in [6, 6.07) is 50.4. The van der Waals surface area contributed by atoms with E-state index in [1.807, 2.05) is 128 Å². The predicted octanol–water partition coefficient (Wildman–Crippen LogP) is 21.3. The van der Waals surface area contributed by atoms with E-state index < -0.39 is 29.7 Å². The van der Waals surface area contributed by atoms with Crippen LogP contribution in [0.3, 0.4) is 0 Å². The van der Waals surface area contributed by atoms with Crippen molar-refractivity contribution >= 4 is 263 Å². The molecule has 0 saturated heterocycles. The number of thioether (sulfide) groups is 1. The van der Waals surface area contributed by atoms with Gasteiger partial charge in [0.05, 0.1) is 78.8 Å². The van der Waals surface area contributed by atoms with Crippen molar-refractivity contribution in [3.05, 3.63) is 288 Å². The number of aromatic amines is 1. The molecule has 0 spiro atoms. The van der Waals surface area contributed by atoms with Crippen LogP contribution in [0.1, 0.15) is 84.5 Å². The van der Waals surface area contributed by atoms with Gasteiger partial charge in [0, 0.05) is 136 Å². The van der Waals surface area contributed by atoms with Crippen LogP contribution in [-0.4, -0.2) is 184 Å². The molecule has 130 heavy (non-hydrogen) atoms. The summed E-state index contributed by atoms with van der Waals surface area (Å²) < 4.78 is 31.9. The number of benzene rings is 8. The molecule has 8 aromatic carbocycles. The number of Topliss-reactive ketones (excluding diaryl/α,β-unsaturated/α-hetero) is 2. The molecule has 1 aliphatic rings. The maximum Gasteiger partial charge on any atom is 0.343 e. The van der Waals surface area contributed by atoms with Crippen molar-refractivity contribution in [1.82, 2.24) is 48.2 Å². The number of aromatic carboxylic acids is 1. The summed E-state index contributed by atoms with van der Waals surface area (Å²) in [5.74, 6) is -3.29. The molecule has 28 nitrogen and oxygen atoms in total. The lowest BCUT2D eigenvalue weighted by Crippen LogP contribution is -2.19. The number of nitrogens with one attached hydrogen (secondary N) is 2. The standard InChI is InChI=1S/C17H16BrN3O3S.C17H19BrN2O4.C14H14BrNO4.C10H8BrNO3.C10H8BrNO2.C9H8BrNO.C8H8BrN.C8H6BrN/c1-4-24-16(22)11-8-19-17(25-3)20-14(11)12-9-21(23-2)15-10(12)6-5-7-13(15)18;1-5-24-17(22)13(9-19(2)3)16(21)12-10-20(23-4)15-11(12)7-6-8-14(15)18;1-3-20-13(18)7-12(17)10-8-16(19-2)14-9(10)5-4-6-11(14)15;1-15-12-5-7(10(13)14)6-3-2-4-8(11)9(6)12;1-14-12-5-7(6-13)8-3-2-4-9(11)10(8)12;1-12-11-6-5-7-3-2-4-8(10)9(7)11;2*9-7-3-1-2-6-4-5-10-8(6)7/h5-9H,4H2,1-3H3;6-10H,5H2,1-4H3;4-6,8H,3,7H2,1-2H3;2-5H,1H3,(H,13,14);2-6H,1H3;2-6H,1H3;1-3,10H,4-5H2;1-5,10H. The molecular formula is C93H87Br8N11O17S. The third kappa shape index (κ3) is 24.0. The average molecular weight is 2300 g/mol. The molecule has 3 N–H and O–H groups in total. The molecule has 0 atom stereocenters. The van der Waals surface area contributed by atoms with Gasteiger partial charge in [-0.25, -0.2) is 24.4 Å². The number of hydrogen-bond donors (Lipinski definition) is 3. The van der Waals surface area contributed by atoms with Gasteiger partial charge in [-0.05, 0) is 227 Å². The summed E-state index contributed by atoms with van der Waals surface area (Å²) in [6.07, 6.45) is 18.5. The zero-order valence-corrected chi connectivity index (χ0v) is 85.5. The summed E-state index contributed by atoms with van der Waals surface area (Å²) in [5.41, 5.74) is 12.1. The number of hydrogen-bond acceptors (Lipinski definition) is 21. The first-order valence-corrected chi connectivity index (χ1v) is 47.0. The van der Waals surface area contributed by atoms with Gasteiger partial charge >= 0.3 is 23.9 Å². The van der Waals surface area contributed by atoms with Crippen molar-refractivity contribution in [2.24, 2.45) is 0 Å². The number of halogens is 8. The molecular weight excluding hydrogens is 2210 g/mol. The Morgan fingerprint density at radius 1 is 0.492 bits per heavy atom. The number of rotatable bonds is 21. The number of H-pyrrole nitrogens is 1. The van der Waals surface area contributed by atoms with E-state index in [-0.39, 0.29) is 43.2 Å². The number of para-hydroxylation sites is 8. The minimum atomic E-state index is -0.964. The zero-order valence-electron chi connectivity index (χ0n) is 72.0. The van der Waals surface area contributed by atoms with Crippen LogP contribution in [0.5, 0.6) is 0 Å². The second kappa shape index (κ2) is 48.1. The molecule has 0 fully saturated rings. The topological polar surface area (TPSA) is 309 Å². The number of ketones is 2. The first-order valence-electron chi connectivity index (χ1n) is 39.4. The molecule has 0 unspecified atom stereocenters. The monoisotopic (exact) mass is 2290 g/mol. The van der Waals surface area contributed by atoms with Crippen LogP contribution in [0.4, 0.5) is 5.69 Å². The van der Waals surface area contributed by atoms with E-state index in [2.05, 4.69) is 184 Å². The number of fused-ring (bicyclic) bond motifs is 8. The van der Waals surface area contributed by atoms with Crippen molar-refractivity contribution in [3.63, 3.8) is 0 Å². The Morgan fingerprint density at radius 3 is 1.46 bits per heavy atom. The summed E-state index contributed by atoms with van der Waals surface area (Å²) in [4.78, 5) is 128. The molecule has 0 amide bonds. The Balaban J connectivity index is 0.000000157. The zero-order chi connectivity index (χ0) is 94.2. The largest absolute Gasteiger partial charge is 0.478 e. The van der Waals surface area contributed by atoms with Crippen LogP contribution in [0.2, 0.25) is 0 Å². The fourth-order valence-electron chi connectivity index (χ4n) is 13.5. The van der Waals surface area contributed by atoms with Crippen molar-refractivity contribution in [3.8, 4) is 11.3 Å². The van der Waals surface area contributed by atoms with Gasteiger partial charge in [-0.2, -0.15) is 28.4 Å². The first kappa shape index (κ1) is 101. The van der Waals surface area contributed by atoms with Gasteiger partial charge in [-0.1, -0.05) is 109 Å². The molecule has 1 aliphatic heterocycles. The highest BCUT2D eigenvalue weighted by Crippen LogP contribution is 2.38. The summed E-state index contributed by atoms with van der Waals surface area (Å²) in [7, 11) is 12.8. The van der Waals surface area contributed by atoms with Crippen molar-refractivity contribution in [2.45, 2.75) is 38.8 Å². The minimum Gasteiger partial charge on any atom is -0.478 e. The predicted molar refractivity (Wildman–Crippen MR) is 535 cm³/mol. The Morgan fingerprint density at radius 2 is 0.946 bits per heavy atom. The molecule has 0 saturated carbocycles. The van der Waals surface area contributed by atoms with Gasteiger partial charge in [-0.15, -0.1) is 0 Å². The first-order chi connectivity index (χ1) is 62.6. The number of nitrogens with zero attached hydrogens (tertiary/aromatic N) is 9. The van der Waals surface area contributed by atoms with Crippen molar-refractivity contribution in [2.75, 3.05) is 94.7 Å². The van der Waals surface area contributed by atoms with Gasteiger partial charge < -0.3 is 63.5 Å². The fraction of sp³-hybridized carbons (Fsp3) is 0.194. The van der Waals surface area contributed by atoms with E-state index in [1.165, 1.54) is 97.9 Å². The number of carbonyl (C=O) groups is 7. The highest BCUT2D eigenvalue weighted by molar-refractivity contribution is 9.11. The summed E-state index contributed by atoms with van der Waals surface area (Å²) >= 11 is 29.0. The number of esters is 3. The quantitative estimate of drug-likeness (QED) is 0.00693. The van der Waals surface area contributed by atoms with Crippen LogP contribution in [-0.2, 0) is 30.2 Å². The van der Waals surface area contributed by atoms with Crippen LogP contribution in [0.15, 0.2) is 260 Å². The van der Waals surface area contributed by atoms with Crippen molar-refractivity contribution < 1.29 is 81.9 Å². The number of carboxylic acids is 1. The number of aldehydes is 1. The highest BCUT2D eigenvalue weighted by atomic mass is 79.9. The fourth-order valence-corrected chi connectivity index (χ4v) is 18.2. The highest BCUT2D eigenvalue weighted by Gasteiger charge is 2.28. The number of anilines is 1. The minimum absolute atomic E-state index is 0.0306. The molecule has 17 rings (SSSR count). The molecule has 16 aromatic rings. The van der Waals surface area contributed by atoms with Gasteiger partial charge in [0.15, 0.2) is 17.2 Å². The Hall–Kier alpha value is -11.2. The molecule has 0 aliphatic carbocycles. The second-order valence-electron chi connectivity index (χ2n) is 27.3. The molecule has 0 radical (unpaired) electrons. The van der Waals surface area contributed by atoms with Crippen LogP contribution >= 0.6 is 139 Å². The second-order valence-corrected chi connectivity index (χ2v) is 34.9. The van der Waals surface area contributed by atoms with E-state index in [9.17, 15) is 33.6 Å². The summed E-state index contributed by atoms with van der Waals surface area (Å²) in [6.45, 7) is 6.99. The van der Waals surface area contributed by atoms with Crippen molar-refractivity contribution in [1.29, 1.82) is 0 Å². The number of carbonyl (C=O) groups excluding carboxylic acids is 6. The molecule has 678 valence electrons.